The summed E-state index contributed by atoms with van der Waals surface area (Å²) >= 11 is 0. The Hall–Kier alpha value is -0.130. The highest BCUT2D eigenvalue weighted by atomic mass is 32.2. The normalized spacial score (nSPS) is 11.9. The molecule has 0 rings (SSSR count). The SMILES string of the molecule is CCCCCCCCCCNS(=O)(=O)CCCNCCC. The van der Waals surface area contributed by atoms with Crippen LogP contribution in [-0.4, -0.2) is 33.8 Å². The quantitative estimate of drug-likeness (QED) is 0.428. The average Bonchev–Trinajstić information content (AvgIpc) is 2.45. The van der Waals surface area contributed by atoms with Gasteiger partial charge in [-0.2, -0.15) is 0 Å². The lowest BCUT2D eigenvalue weighted by Gasteiger charge is -2.07. The van der Waals surface area contributed by atoms with Gasteiger partial charge in [-0.15, -0.1) is 0 Å². The van der Waals surface area contributed by atoms with Crippen molar-refractivity contribution >= 4 is 10.0 Å². The van der Waals surface area contributed by atoms with Crippen LogP contribution in [0.1, 0.15) is 78.1 Å². The van der Waals surface area contributed by atoms with Gasteiger partial charge in [-0.3, -0.25) is 0 Å². The maximum atomic E-state index is 11.7. The lowest BCUT2D eigenvalue weighted by Crippen LogP contribution is -2.29. The Kier molecular flexibility index (Phi) is 14.7. The van der Waals surface area contributed by atoms with E-state index in [0.717, 1.165) is 32.4 Å². The molecule has 0 aromatic rings. The van der Waals surface area contributed by atoms with Crippen LogP contribution in [0.15, 0.2) is 0 Å². The van der Waals surface area contributed by atoms with E-state index in [4.69, 9.17) is 0 Å². The molecule has 5 heteroatoms. The van der Waals surface area contributed by atoms with Crippen LogP contribution in [0.2, 0.25) is 0 Å². The third kappa shape index (κ3) is 16.1. The Morgan fingerprint density at radius 1 is 0.667 bits per heavy atom. The summed E-state index contributed by atoms with van der Waals surface area (Å²) in [6.45, 7) is 6.68. The minimum atomic E-state index is -3.06. The molecular formula is C16H36N2O2S. The Labute approximate surface area is 132 Å². The van der Waals surface area contributed by atoms with Crippen LogP contribution in [0.3, 0.4) is 0 Å². The summed E-state index contributed by atoms with van der Waals surface area (Å²) in [4.78, 5) is 0. The topological polar surface area (TPSA) is 58.2 Å². The minimum absolute atomic E-state index is 0.237. The average molecular weight is 321 g/mol. The molecule has 0 heterocycles. The zero-order valence-corrected chi connectivity index (χ0v) is 14.9. The molecule has 0 aliphatic rings. The highest BCUT2D eigenvalue weighted by molar-refractivity contribution is 7.89. The summed E-state index contributed by atoms with van der Waals surface area (Å²) in [5.74, 6) is 0.237. The summed E-state index contributed by atoms with van der Waals surface area (Å²) in [5.41, 5.74) is 0. The molecule has 0 fully saturated rings. The summed E-state index contributed by atoms with van der Waals surface area (Å²) in [7, 11) is -3.06. The fourth-order valence-electron chi connectivity index (χ4n) is 2.25. The van der Waals surface area contributed by atoms with Crippen molar-refractivity contribution in [3.63, 3.8) is 0 Å². The van der Waals surface area contributed by atoms with Crippen LogP contribution in [0.4, 0.5) is 0 Å². The molecule has 2 N–H and O–H groups in total. The van der Waals surface area contributed by atoms with Gasteiger partial charge in [-0.25, -0.2) is 13.1 Å². The fraction of sp³-hybridized carbons (Fsp3) is 1.00. The molecule has 0 unspecified atom stereocenters. The molecule has 0 saturated carbocycles. The molecule has 0 radical (unpaired) electrons. The highest BCUT2D eigenvalue weighted by Gasteiger charge is 2.08. The van der Waals surface area contributed by atoms with Gasteiger partial charge in [0.15, 0.2) is 0 Å². The molecule has 0 aliphatic carbocycles. The number of rotatable bonds is 16. The molecule has 128 valence electrons. The third-order valence-corrected chi connectivity index (χ3v) is 5.02. The van der Waals surface area contributed by atoms with Crippen LogP contribution >= 0.6 is 0 Å². The van der Waals surface area contributed by atoms with Crippen molar-refractivity contribution in [2.75, 3.05) is 25.4 Å². The first-order chi connectivity index (χ1) is 10.1. The molecule has 4 nitrogen and oxygen atoms in total. The Morgan fingerprint density at radius 2 is 1.29 bits per heavy atom. The third-order valence-electron chi connectivity index (χ3n) is 3.55. The summed E-state index contributed by atoms with van der Waals surface area (Å²) in [5, 5.41) is 3.22. The summed E-state index contributed by atoms with van der Waals surface area (Å²) in [6, 6.07) is 0. The largest absolute Gasteiger partial charge is 0.317 e. The van der Waals surface area contributed by atoms with Crippen molar-refractivity contribution in [1.82, 2.24) is 10.0 Å². The second kappa shape index (κ2) is 14.8. The highest BCUT2D eigenvalue weighted by Crippen LogP contribution is 2.08. The van der Waals surface area contributed by atoms with Gasteiger partial charge in [-0.1, -0.05) is 58.8 Å². The van der Waals surface area contributed by atoms with Crippen molar-refractivity contribution in [3.05, 3.63) is 0 Å². The van der Waals surface area contributed by atoms with Crippen molar-refractivity contribution in [1.29, 1.82) is 0 Å². The van der Waals surface area contributed by atoms with E-state index in [-0.39, 0.29) is 5.75 Å². The van der Waals surface area contributed by atoms with Gasteiger partial charge < -0.3 is 5.32 Å². The van der Waals surface area contributed by atoms with Crippen molar-refractivity contribution in [2.45, 2.75) is 78.1 Å². The maximum absolute atomic E-state index is 11.7. The first-order valence-corrected chi connectivity index (χ1v) is 10.5. The maximum Gasteiger partial charge on any atom is 0.211 e. The number of nitrogens with one attached hydrogen (secondary N) is 2. The molecule has 0 aliphatic heterocycles. The number of hydrogen-bond acceptors (Lipinski definition) is 3. The van der Waals surface area contributed by atoms with Gasteiger partial charge in [0.05, 0.1) is 5.75 Å². The zero-order valence-electron chi connectivity index (χ0n) is 14.1. The Bertz CT molecular complexity index is 305. The molecule has 21 heavy (non-hydrogen) atoms. The Balaban J connectivity index is 3.36. The van der Waals surface area contributed by atoms with Crippen molar-refractivity contribution in [2.24, 2.45) is 0 Å². The van der Waals surface area contributed by atoms with E-state index in [1.54, 1.807) is 0 Å². The van der Waals surface area contributed by atoms with Crippen LogP contribution in [0.25, 0.3) is 0 Å². The van der Waals surface area contributed by atoms with Gasteiger partial charge >= 0.3 is 0 Å². The van der Waals surface area contributed by atoms with E-state index in [9.17, 15) is 8.42 Å². The standard InChI is InChI=1S/C16H36N2O2S/c1-3-5-6-7-8-9-10-11-15-18-21(19,20)16-12-14-17-13-4-2/h17-18H,3-16H2,1-2H3. The van der Waals surface area contributed by atoms with Gasteiger partial charge in [-0.05, 0) is 32.4 Å². The second-order valence-corrected chi connectivity index (χ2v) is 7.72. The molecule has 0 amide bonds. The number of hydrogen-bond donors (Lipinski definition) is 2. The van der Waals surface area contributed by atoms with E-state index < -0.39 is 10.0 Å². The van der Waals surface area contributed by atoms with E-state index in [1.165, 1.54) is 38.5 Å². The van der Waals surface area contributed by atoms with E-state index in [0.29, 0.717) is 13.0 Å². The molecular weight excluding hydrogens is 284 g/mol. The molecule has 0 aromatic heterocycles. The molecule has 0 spiro atoms. The van der Waals surface area contributed by atoms with Crippen molar-refractivity contribution in [3.8, 4) is 0 Å². The van der Waals surface area contributed by atoms with Crippen LogP contribution in [0.5, 0.6) is 0 Å². The predicted molar refractivity (Wildman–Crippen MR) is 92.2 cm³/mol. The van der Waals surface area contributed by atoms with Gasteiger partial charge in [0, 0.05) is 6.54 Å². The molecule has 0 aromatic carbocycles. The minimum Gasteiger partial charge on any atom is -0.317 e. The van der Waals surface area contributed by atoms with Gasteiger partial charge in [0.2, 0.25) is 10.0 Å². The first kappa shape index (κ1) is 20.9. The monoisotopic (exact) mass is 320 g/mol. The lowest BCUT2D eigenvalue weighted by atomic mass is 10.1. The van der Waals surface area contributed by atoms with Crippen LogP contribution in [-0.2, 0) is 10.0 Å². The molecule has 0 atom stereocenters. The van der Waals surface area contributed by atoms with E-state index in [1.807, 2.05) is 0 Å². The predicted octanol–water partition coefficient (Wildman–Crippen LogP) is 3.44. The van der Waals surface area contributed by atoms with E-state index in [2.05, 4.69) is 23.9 Å². The van der Waals surface area contributed by atoms with Crippen LogP contribution < -0.4 is 10.0 Å². The Morgan fingerprint density at radius 3 is 1.90 bits per heavy atom. The van der Waals surface area contributed by atoms with Gasteiger partial charge in [0.25, 0.3) is 0 Å². The zero-order chi connectivity index (χ0) is 15.8. The van der Waals surface area contributed by atoms with Gasteiger partial charge in [0.1, 0.15) is 0 Å². The number of unbranched alkanes of at least 4 members (excludes halogenated alkanes) is 7. The molecule has 0 bridgehead atoms. The smallest absolute Gasteiger partial charge is 0.211 e. The summed E-state index contributed by atoms with van der Waals surface area (Å²) in [6.07, 6.45) is 11.7. The van der Waals surface area contributed by atoms with Crippen LogP contribution in [0, 0.1) is 0 Å². The second-order valence-electron chi connectivity index (χ2n) is 5.79. The lowest BCUT2D eigenvalue weighted by molar-refractivity contribution is 0.556. The van der Waals surface area contributed by atoms with Crippen molar-refractivity contribution < 1.29 is 8.42 Å². The summed E-state index contributed by atoms with van der Waals surface area (Å²) < 4.78 is 26.2. The number of sulfonamides is 1. The fourth-order valence-corrected chi connectivity index (χ4v) is 3.37. The van der Waals surface area contributed by atoms with E-state index >= 15 is 0 Å². The first-order valence-electron chi connectivity index (χ1n) is 8.80. The molecule has 0 saturated heterocycles.